The van der Waals surface area contributed by atoms with E-state index in [0.717, 1.165) is 0 Å². The molecule has 5 nitrogen and oxygen atoms in total. The molecule has 2 N–H and O–H groups in total. The Labute approximate surface area is 135 Å². The van der Waals surface area contributed by atoms with E-state index in [4.69, 9.17) is 28.3 Å². The maximum absolute atomic E-state index is 12.0. The van der Waals surface area contributed by atoms with Gasteiger partial charge in [-0.3, -0.25) is 4.79 Å². The molecular formula is C12H13BrCl2N2O3. The van der Waals surface area contributed by atoms with Crippen molar-refractivity contribution in [2.24, 2.45) is 0 Å². The Kier molecular flexibility index (Phi) is 6.58. The van der Waals surface area contributed by atoms with Gasteiger partial charge in [0.25, 0.3) is 0 Å². The molecule has 0 heterocycles. The second-order valence-electron chi connectivity index (χ2n) is 3.90. The number of halogens is 3. The second-order valence-corrected chi connectivity index (χ2v) is 5.63. The minimum absolute atomic E-state index is 0.115. The first-order chi connectivity index (χ1) is 9.35. The van der Waals surface area contributed by atoms with Crippen LogP contribution in [0.4, 0.5) is 10.5 Å². The molecule has 0 bridgehead atoms. The number of carboxylic acids is 1. The number of amides is 2. The predicted molar refractivity (Wildman–Crippen MR) is 82.7 cm³/mol. The van der Waals surface area contributed by atoms with Crippen molar-refractivity contribution in [1.82, 2.24) is 4.90 Å². The molecule has 0 spiro atoms. The van der Waals surface area contributed by atoms with Crippen LogP contribution >= 0.6 is 39.1 Å². The van der Waals surface area contributed by atoms with E-state index in [-0.39, 0.29) is 13.0 Å². The molecule has 2 amide bonds. The summed E-state index contributed by atoms with van der Waals surface area (Å²) in [6, 6.07) is 2.77. The van der Waals surface area contributed by atoms with Gasteiger partial charge in [0.15, 0.2) is 0 Å². The zero-order chi connectivity index (χ0) is 15.3. The Bertz CT molecular complexity index is 502. The van der Waals surface area contributed by atoms with Crippen molar-refractivity contribution < 1.29 is 14.7 Å². The monoisotopic (exact) mass is 382 g/mol. The largest absolute Gasteiger partial charge is 0.481 e. The van der Waals surface area contributed by atoms with Crippen LogP contribution in [0.1, 0.15) is 13.3 Å². The van der Waals surface area contributed by atoms with E-state index in [0.29, 0.717) is 26.8 Å². The van der Waals surface area contributed by atoms with E-state index < -0.39 is 12.0 Å². The van der Waals surface area contributed by atoms with E-state index in [1.165, 1.54) is 4.90 Å². The first-order valence-corrected chi connectivity index (χ1v) is 7.32. The maximum atomic E-state index is 12.0. The Balaban J connectivity index is 2.81. The normalized spacial score (nSPS) is 10.2. The van der Waals surface area contributed by atoms with Gasteiger partial charge in [0, 0.05) is 17.6 Å². The Morgan fingerprint density at radius 3 is 2.35 bits per heavy atom. The van der Waals surface area contributed by atoms with Crippen LogP contribution in [-0.4, -0.2) is 35.1 Å². The number of carbonyl (C=O) groups excluding carboxylic acids is 1. The van der Waals surface area contributed by atoms with Crippen LogP contribution in [0.5, 0.6) is 0 Å². The van der Waals surface area contributed by atoms with Crippen LogP contribution in [0.3, 0.4) is 0 Å². The number of benzene rings is 1. The summed E-state index contributed by atoms with van der Waals surface area (Å²) >= 11 is 15.3. The number of hydrogen-bond donors (Lipinski definition) is 2. The van der Waals surface area contributed by atoms with Crippen molar-refractivity contribution in [1.29, 1.82) is 0 Å². The molecule has 0 atom stereocenters. The van der Waals surface area contributed by atoms with Crippen LogP contribution in [-0.2, 0) is 4.79 Å². The third-order valence-electron chi connectivity index (χ3n) is 2.50. The van der Waals surface area contributed by atoms with Gasteiger partial charge in [0.1, 0.15) is 0 Å². The predicted octanol–water partition coefficient (Wildman–Crippen LogP) is 4.08. The standard InChI is InChI=1S/C12H13BrCl2N2O3/c1-2-17(4-3-10(18)19)12(20)16-11-8(14)5-7(13)6-9(11)15/h5-6H,2-4H2,1H3,(H,16,20)(H,18,19). The second kappa shape index (κ2) is 7.71. The summed E-state index contributed by atoms with van der Waals surface area (Å²) in [4.78, 5) is 23.9. The van der Waals surface area contributed by atoms with E-state index in [9.17, 15) is 9.59 Å². The molecule has 0 aliphatic rings. The molecule has 0 unspecified atom stereocenters. The lowest BCUT2D eigenvalue weighted by molar-refractivity contribution is -0.137. The van der Waals surface area contributed by atoms with Gasteiger partial charge in [0.05, 0.1) is 22.2 Å². The molecule has 1 aromatic carbocycles. The quantitative estimate of drug-likeness (QED) is 0.804. The molecule has 0 radical (unpaired) electrons. The van der Waals surface area contributed by atoms with Crippen LogP contribution in [0.25, 0.3) is 0 Å². The van der Waals surface area contributed by atoms with Crippen molar-refractivity contribution in [3.8, 4) is 0 Å². The number of rotatable bonds is 5. The lowest BCUT2D eigenvalue weighted by Crippen LogP contribution is -2.36. The summed E-state index contributed by atoms with van der Waals surface area (Å²) in [5.74, 6) is -0.962. The molecular weight excluding hydrogens is 371 g/mol. The fourth-order valence-electron chi connectivity index (χ4n) is 1.48. The Morgan fingerprint density at radius 2 is 1.90 bits per heavy atom. The molecule has 0 saturated carbocycles. The summed E-state index contributed by atoms with van der Waals surface area (Å²) in [5.41, 5.74) is 0.301. The molecule has 0 saturated heterocycles. The molecule has 1 rings (SSSR count). The zero-order valence-electron chi connectivity index (χ0n) is 10.6. The molecule has 20 heavy (non-hydrogen) atoms. The fraction of sp³-hybridized carbons (Fsp3) is 0.333. The topological polar surface area (TPSA) is 69.6 Å². The highest BCUT2D eigenvalue weighted by molar-refractivity contribution is 9.10. The van der Waals surface area contributed by atoms with Crippen molar-refractivity contribution in [3.63, 3.8) is 0 Å². The molecule has 0 aliphatic carbocycles. The summed E-state index contributed by atoms with van der Waals surface area (Å²) < 4.78 is 0.698. The van der Waals surface area contributed by atoms with Gasteiger partial charge in [-0.2, -0.15) is 0 Å². The number of carboxylic acid groups (broad SMARTS) is 1. The number of anilines is 1. The lowest BCUT2D eigenvalue weighted by atomic mass is 10.3. The van der Waals surface area contributed by atoms with Gasteiger partial charge < -0.3 is 15.3 Å². The van der Waals surface area contributed by atoms with Crippen molar-refractivity contribution in [2.75, 3.05) is 18.4 Å². The maximum Gasteiger partial charge on any atom is 0.321 e. The van der Waals surface area contributed by atoms with Gasteiger partial charge in [-0.15, -0.1) is 0 Å². The van der Waals surface area contributed by atoms with Gasteiger partial charge in [-0.1, -0.05) is 39.1 Å². The van der Waals surface area contributed by atoms with Crippen molar-refractivity contribution >= 4 is 56.8 Å². The highest BCUT2D eigenvalue weighted by Gasteiger charge is 2.16. The number of carbonyl (C=O) groups is 2. The van der Waals surface area contributed by atoms with Crippen LogP contribution < -0.4 is 5.32 Å². The van der Waals surface area contributed by atoms with Crippen LogP contribution in [0.15, 0.2) is 16.6 Å². The van der Waals surface area contributed by atoms with E-state index >= 15 is 0 Å². The summed E-state index contributed by atoms with van der Waals surface area (Å²) in [5, 5.41) is 11.8. The first-order valence-electron chi connectivity index (χ1n) is 5.77. The van der Waals surface area contributed by atoms with E-state index in [1.807, 2.05) is 0 Å². The fourth-order valence-corrected chi connectivity index (χ4v) is 2.78. The minimum atomic E-state index is -0.962. The number of nitrogens with zero attached hydrogens (tertiary/aromatic N) is 1. The summed E-state index contributed by atoms with van der Waals surface area (Å²) in [6.07, 6.45) is -0.122. The number of nitrogens with one attached hydrogen (secondary N) is 1. The zero-order valence-corrected chi connectivity index (χ0v) is 13.7. The molecule has 110 valence electrons. The third-order valence-corrected chi connectivity index (χ3v) is 3.56. The highest BCUT2D eigenvalue weighted by atomic mass is 79.9. The Morgan fingerprint density at radius 1 is 1.35 bits per heavy atom. The van der Waals surface area contributed by atoms with E-state index in [1.54, 1.807) is 19.1 Å². The average Bonchev–Trinajstić information content (AvgIpc) is 2.34. The van der Waals surface area contributed by atoms with Crippen LogP contribution in [0.2, 0.25) is 10.0 Å². The highest BCUT2D eigenvalue weighted by Crippen LogP contribution is 2.33. The van der Waals surface area contributed by atoms with Gasteiger partial charge in [-0.25, -0.2) is 4.79 Å². The Hall–Kier alpha value is -0.980. The molecule has 8 heteroatoms. The molecule has 0 aromatic heterocycles. The first kappa shape index (κ1) is 17.1. The van der Waals surface area contributed by atoms with Gasteiger partial charge >= 0.3 is 12.0 Å². The summed E-state index contributed by atoms with van der Waals surface area (Å²) in [7, 11) is 0. The average molecular weight is 384 g/mol. The number of urea groups is 1. The minimum Gasteiger partial charge on any atom is -0.481 e. The lowest BCUT2D eigenvalue weighted by Gasteiger charge is -2.21. The summed E-state index contributed by atoms with van der Waals surface area (Å²) in [6.45, 7) is 2.25. The molecule has 0 aliphatic heterocycles. The number of hydrogen-bond acceptors (Lipinski definition) is 2. The van der Waals surface area contributed by atoms with Crippen molar-refractivity contribution in [3.05, 3.63) is 26.7 Å². The van der Waals surface area contributed by atoms with Crippen molar-refractivity contribution in [2.45, 2.75) is 13.3 Å². The van der Waals surface area contributed by atoms with Gasteiger partial charge in [0.2, 0.25) is 0 Å². The van der Waals surface area contributed by atoms with E-state index in [2.05, 4.69) is 21.2 Å². The molecule has 0 fully saturated rings. The number of aliphatic carboxylic acids is 1. The molecule has 1 aromatic rings. The smallest absolute Gasteiger partial charge is 0.321 e. The van der Waals surface area contributed by atoms with Crippen LogP contribution in [0, 0.1) is 0 Å². The third kappa shape index (κ3) is 4.85. The van der Waals surface area contributed by atoms with Gasteiger partial charge in [-0.05, 0) is 19.1 Å². The SMILES string of the molecule is CCN(CCC(=O)O)C(=O)Nc1c(Cl)cc(Br)cc1Cl.